The molecule has 0 fully saturated rings. The van der Waals surface area contributed by atoms with E-state index in [9.17, 15) is 8.42 Å². The van der Waals surface area contributed by atoms with E-state index in [1.54, 1.807) is 12.1 Å². The second-order valence-electron chi connectivity index (χ2n) is 2.97. The Morgan fingerprint density at radius 1 is 1.17 bits per heavy atom. The second-order valence-corrected chi connectivity index (χ2v) is 4.57. The van der Waals surface area contributed by atoms with Gasteiger partial charge in [0.15, 0.2) is 12.2 Å². The first-order valence-electron chi connectivity index (χ1n) is 4.64. The highest BCUT2D eigenvalue weighted by molar-refractivity contribution is 7.86. The third kappa shape index (κ3) is 14.8. The van der Waals surface area contributed by atoms with Gasteiger partial charge in [-0.15, -0.1) is 0 Å². The predicted molar refractivity (Wildman–Crippen MR) is 60.7 cm³/mol. The van der Waals surface area contributed by atoms with E-state index in [0.717, 1.165) is 6.26 Å². The summed E-state index contributed by atoms with van der Waals surface area (Å²) in [6.07, 6.45) is -1.13. The van der Waals surface area contributed by atoms with Crippen molar-refractivity contribution in [3.63, 3.8) is 0 Å². The molecule has 18 heavy (non-hydrogen) atoms. The zero-order valence-corrected chi connectivity index (χ0v) is 11.2. The van der Waals surface area contributed by atoms with Gasteiger partial charge in [0.25, 0.3) is 10.1 Å². The fourth-order valence-corrected chi connectivity index (χ4v) is 1.16. The van der Waals surface area contributed by atoms with Crippen LogP contribution in [-0.4, -0.2) is 59.4 Å². The molecular formula is C9H16N2O6S. The van der Waals surface area contributed by atoms with Crippen LogP contribution in [0.4, 0.5) is 0 Å². The van der Waals surface area contributed by atoms with Crippen molar-refractivity contribution >= 4 is 10.1 Å². The first-order valence-corrected chi connectivity index (χ1v) is 6.45. The van der Waals surface area contributed by atoms with Crippen LogP contribution in [0.5, 0.6) is 0 Å². The van der Waals surface area contributed by atoms with Gasteiger partial charge in [0.05, 0.1) is 31.6 Å². The number of hydrogen-bond donors (Lipinski definition) is 1. The molecule has 0 aliphatic carbocycles. The largest absolute Gasteiger partial charge is 0.381 e. The average molecular weight is 280 g/mol. The van der Waals surface area contributed by atoms with Gasteiger partial charge in [-0.25, -0.2) is 4.18 Å². The zero-order chi connectivity index (χ0) is 14.6. The third-order valence-electron chi connectivity index (χ3n) is 1.23. The number of aliphatic hydroxyl groups is 1. The summed E-state index contributed by atoms with van der Waals surface area (Å²) in [7, 11) is -0.772. The maximum Gasteiger partial charge on any atom is 0.265 e. The zero-order valence-electron chi connectivity index (χ0n) is 10.4. The Kier molecular flexibility index (Phi) is 11.6. The molecule has 0 rings (SSSR count). The first kappa shape index (κ1) is 19.1. The lowest BCUT2D eigenvalue weighted by molar-refractivity contribution is 0.0975. The topological polar surface area (TPSA) is 130 Å². The predicted octanol–water partition coefficient (Wildman–Crippen LogP) is -0.982. The number of rotatable bonds is 6. The fraction of sp³-hybridized carbons (Fsp3) is 0.778. The van der Waals surface area contributed by atoms with Gasteiger partial charge in [0, 0.05) is 14.2 Å². The molecule has 0 aromatic heterocycles. The van der Waals surface area contributed by atoms with Gasteiger partial charge in [-0.05, 0) is 0 Å². The molecule has 0 aromatic rings. The van der Waals surface area contributed by atoms with Crippen LogP contribution in [0.25, 0.3) is 0 Å². The van der Waals surface area contributed by atoms with Crippen LogP contribution >= 0.6 is 0 Å². The number of ether oxygens (including phenoxy) is 2. The van der Waals surface area contributed by atoms with E-state index in [4.69, 9.17) is 15.6 Å². The second kappa shape index (κ2) is 10.9. The van der Waals surface area contributed by atoms with Crippen molar-refractivity contribution in [2.75, 3.05) is 33.7 Å². The van der Waals surface area contributed by atoms with Gasteiger partial charge in [0.2, 0.25) is 0 Å². The molecule has 2 unspecified atom stereocenters. The molecule has 0 aromatic carbocycles. The Morgan fingerprint density at radius 3 is 1.89 bits per heavy atom. The van der Waals surface area contributed by atoms with Gasteiger partial charge >= 0.3 is 0 Å². The molecule has 104 valence electrons. The molecule has 0 saturated carbocycles. The Balaban J connectivity index is 0. The Hall–Kier alpha value is -1.23. The quantitative estimate of drug-likeness (QED) is 0.485. The number of aliphatic hydroxyl groups excluding tert-OH is 1. The molecule has 1 N–H and O–H groups in total. The Bertz CT molecular complexity index is 383. The van der Waals surface area contributed by atoms with Crippen LogP contribution in [0.15, 0.2) is 0 Å². The summed E-state index contributed by atoms with van der Waals surface area (Å²) in [6, 6.07) is 3.23. The standard InChI is InChI=1S/C5H9NO4S.C4H7NO2/c1-9-4-5(3-6)10-11(2,7)8;1-7-3-4(6)2-5/h5H,4H2,1-2H3;4,6H,3H2,1H3. The van der Waals surface area contributed by atoms with Gasteiger partial charge < -0.3 is 14.6 Å². The lowest BCUT2D eigenvalue weighted by Gasteiger charge is -2.05. The van der Waals surface area contributed by atoms with Crippen LogP contribution in [0.3, 0.4) is 0 Å². The Morgan fingerprint density at radius 2 is 1.67 bits per heavy atom. The number of nitrogens with zero attached hydrogens (tertiary/aromatic N) is 2. The molecule has 0 aliphatic rings. The molecule has 0 saturated heterocycles. The van der Waals surface area contributed by atoms with E-state index < -0.39 is 22.3 Å². The summed E-state index contributed by atoms with van der Waals surface area (Å²) in [5.41, 5.74) is 0. The van der Waals surface area contributed by atoms with Crippen LogP contribution in [0.1, 0.15) is 0 Å². The SMILES string of the molecule is COCC(C#N)OS(C)(=O)=O.COCC(O)C#N. The van der Waals surface area contributed by atoms with Gasteiger partial charge in [-0.2, -0.15) is 18.9 Å². The van der Waals surface area contributed by atoms with Gasteiger partial charge in [-0.1, -0.05) is 0 Å². The molecule has 9 heteroatoms. The van der Waals surface area contributed by atoms with E-state index in [-0.39, 0.29) is 13.2 Å². The molecule has 0 heterocycles. The van der Waals surface area contributed by atoms with Gasteiger partial charge in [-0.3, -0.25) is 0 Å². The molecule has 0 bridgehead atoms. The highest BCUT2D eigenvalue weighted by Gasteiger charge is 2.13. The van der Waals surface area contributed by atoms with Crippen molar-refractivity contribution in [2.24, 2.45) is 0 Å². The van der Waals surface area contributed by atoms with Crippen LogP contribution in [-0.2, 0) is 23.8 Å². The normalized spacial score (nSPS) is 13.4. The highest BCUT2D eigenvalue weighted by atomic mass is 32.2. The highest BCUT2D eigenvalue weighted by Crippen LogP contribution is 1.96. The summed E-state index contributed by atoms with van der Waals surface area (Å²) in [4.78, 5) is 0. The number of hydrogen-bond acceptors (Lipinski definition) is 8. The monoisotopic (exact) mass is 280 g/mol. The van der Waals surface area contributed by atoms with Crippen molar-refractivity contribution < 1.29 is 27.2 Å². The van der Waals surface area contributed by atoms with Crippen molar-refractivity contribution in [3.8, 4) is 12.1 Å². The minimum atomic E-state index is -3.56. The van der Waals surface area contributed by atoms with Crippen molar-refractivity contribution in [3.05, 3.63) is 0 Å². The summed E-state index contributed by atoms with van der Waals surface area (Å²) in [5, 5.41) is 24.6. The minimum absolute atomic E-state index is 0.0520. The third-order valence-corrected chi connectivity index (χ3v) is 1.81. The van der Waals surface area contributed by atoms with E-state index in [1.165, 1.54) is 14.2 Å². The average Bonchev–Trinajstić information content (AvgIpc) is 2.28. The Labute approximate surface area is 106 Å². The molecule has 0 spiro atoms. The summed E-state index contributed by atoms with van der Waals surface area (Å²) in [5.74, 6) is 0. The lowest BCUT2D eigenvalue weighted by Crippen LogP contribution is -2.20. The first-order chi connectivity index (χ1) is 8.30. The lowest BCUT2D eigenvalue weighted by atomic mass is 10.4. The van der Waals surface area contributed by atoms with E-state index in [0.29, 0.717) is 0 Å². The molecule has 0 amide bonds. The summed E-state index contributed by atoms with van der Waals surface area (Å²) >= 11 is 0. The molecule has 2 atom stereocenters. The molecular weight excluding hydrogens is 264 g/mol. The number of methoxy groups -OCH3 is 2. The summed E-state index contributed by atoms with van der Waals surface area (Å²) < 4.78 is 34.2. The van der Waals surface area contributed by atoms with Gasteiger partial charge in [0.1, 0.15) is 0 Å². The molecule has 0 radical (unpaired) electrons. The molecule has 0 aliphatic heterocycles. The van der Waals surface area contributed by atoms with E-state index >= 15 is 0 Å². The maximum absolute atomic E-state index is 10.4. The van der Waals surface area contributed by atoms with Crippen LogP contribution in [0.2, 0.25) is 0 Å². The van der Waals surface area contributed by atoms with Crippen molar-refractivity contribution in [1.82, 2.24) is 0 Å². The van der Waals surface area contributed by atoms with E-state index in [1.807, 2.05) is 0 Å². The molecule has 8 nitrogen and oxygen atoms in total. The van der Waals surface area contributed by atoms with Crippen molar-refractivity contribution in [1.29, 1.82) is 10.5 Å². The van der Waals surface area contributed by atoms with Crippen LogP contribution in [0, 0.1) is 22.7 Å². The van der Waals surface area contributed by atoms with Crippen molar-refractivity contribution in [2.45, 2.75) is 12.2 Å². The van der Waals surface area contributed by atoms with Crippen LogP contribution < -0.4 is 0 Å². The maximum atomic E-state index is 10.4. The summed E-state index contributed by atoms with van der Waals surface area (Å²) in [6.45, 7) is 0.0417. The van der Waals surface area contributed by atoms with E-state index in [2.05, 4.69) is 13.7 Å². The smallest absolute Gasteiger partial charge is 0.265 e. The minimum Gasteiger partial charge on any atom is -0.381 e. The number of nitriles is 2. The fourth-order valence-electron chi connectivity index (χ4n) is 0.644.